The predicted octanol–water partition coefficient (Wildman–Crippen LogP) is 2.58. The Hall–Kier alpha value is -3.02. The van der Waals surface area contributed by atoms with Gasteiger partial charge in [0.1, 0.15) is 17.7 Å². The van der Waals surface area contributed by atoms with Crippen molar-refractivity contribution in [1.29, 1.82) is 0 Å². The van der Waals surface area contributed by atoms with Crippen molar-refractivity contribution < 1.29 is 33.8 Å². The largest absolute Gasteiger partial charge is 0.460 e. The molecule has 2 bridgehead atoms. The van der Waals surface area contributed by atoms with Crippen molar-refractivity contribution in [2.24, 2.45) is 11.8 Å². The van der Waals surface area contributed by atoms with Gasteiger partial charge in [0.05, 0.1) is 31.1 Å². The number of amides is 3. The number of aliphatic hydroxyl groups excluding tert-OH is 1. The molecular formula is C31H40BrN3O7. The molecule has 2 N–H and O–H groups in total. The number of halogens is 1. The molecule has 7 atom stereocenters. The van der Waals surface area contributed by atoms with E-state index in [9.17, 15) is 24.3 Å². The highest BCUT2D eigenvalue weighted by Crippen LogP contribution is 2.60. The Balaban J connectivity index is 1.64. The fourth-order valence-corrected chi connectivity index (χ4v) is 7.67. The molecule has 4 rings (SSSR count). The van der Waals surface area contributed by atoms with E-state index < -0.39 is 47.6 Å². The number of nitrogens with zero attached hydrogens (tertiary/aromatic N) is 2. The SMILES string of the molecule is C=CCCC(=O)NC[C@@H](C)OC(=O)[C@@H]1[C@H]2O[C@@]3(CC2Br)[C@H](C(=O)N(CC=C)c2c(C)cccc2C)N(CCO)C(=O)[C@@H]13. The molecule has 1 unspecified atom stereocenters. The van der Waals surface area contributed by atoms with E-state index in [2.05, 4.69) is 34.4 Å². The van der Waals surface area contributed by atoms with Crippen LogP contribution in [0.3, 0.4) is 0 Å². The van der Waals surface area contributed by atoms with E-state index >= 15 is 0 Å². The maximum Gasteiger partial charge on any atom is 0.312 e. The van der Waals surface area contributed by atoms with Crippen LogP contribution in [0.4, 0.5) is 5.69 Å². The van der Waals surface area contributed by atoms with E-state index in [4.69, 9.17) is 9.47 Å². The fraction of sp³-hybridized carbons (Fsp3) is 0.548. The summed E-state index contributed by atoms with van der Waals surface area (Å²) in [7, 11) is 0. The second-order valence-electron chi connectivity index (χ2n) is 11.3. The third kappa shape index (κ3) is 5.66. The number of carbonyl (C=O) groups is 4. The van der Waals surface area contributed by atoms with Gasteiger partial charge in [-0.15, -0.1) is 13.2 Å². The molecule has 228 valence electrons. The minimum atomic E-state index is -1.29. The van der Waals surface area contributed by atoms with Crippen LogP contribution in [0.5, 0.6) is 0 Å². The van der Waals surface area contributed by atoms with E-state index in [0.29, 0.717) is 12.8 Å². The lowest BCUT2D eigenvalue weighted by Gasteiger charge is -2.37. The molecule has 3 fully saturated rings. The molecule has 0 radical (unpaired) electrons. The van der Waals surface area contributed by atoms with Gasteiger partial charge in [0.15, 0.2) is 0 Å². The Bertz CT molecular complexity index is 1230. The van der Waals surface area contributed by atoms with Crippen molar-refractivity contribution in [3.05, 3.63) is 54.6 Å². The Labute approximate surface area is 255 Å². The molecule has 1 spiro atoms. The Kier molecular flexibility index (Phi) is 9.95. The number of anilines is 1. The first-order chi connectivity index (χ1) is 20.0. The van der Waals surface area contributed by atoms with Crippen LogP contribution in [0, 0.1) is 25.7 Å². The van der Waals surface area contributed by atoms with Crippen LogP contribution < -0.4 is 10.2 Å². The topological polar surface area (TPSA) is 125 Å². The van der Waals surface area contributed by atoms with Crippen molar-refractivity contribution in [2.75, 3.05) is 31.1 Å². The molecule has 0 aliphatic carbocycles. The molecule has 3 aliphatic rings. The van der Waals surface area contributed by atoms with Gasteiger partial charge in [-0.2, -0.15) is 0 Å². The first-order valence-corrected chi connectivity index (χ1v) is 15.2. The maximum absolute atomic E-state index is 14.5. The number of ether oxygens (including phenoxy) is 2. The van der Waals surface area contributed by atoms with Gasteiger partial charge in [0.2, 0.25) is 11.8 Å². The maximum atomic E-state index is 14.5. The average molecular weight is 647 g/mol. The molecule has 11 heteroatoms. The summed E-state index contributed by atoms with van der Waals surface area (Å²) in [4.78, 5) is 56.8. The number of aliphatic hydroxyl groups is 1. The van der Waals surface area contributed by atoms with E-state index in [-0.39, 0.29) is 49.3 Å². The second kappa shape index (κ2) is 13.1. The number of β-amino-alcohol motifs (C(OH)–C–C–N with tert-alkyl or cyclic N) is 1. The standard InChI is InChI=1S/C31H40BrN3O7/c1-6-8-12-22(37)33-17-20(5)41-30(40)23-24-28(38)35(14-15-36)27(31(24)16-21(32)26(23)42-31)29(39)34(13-7-2)25-18(3)10-9-11-19(25)4/h6-7,9-11,20-21,23-24,26-27,36H,1-2,8,12-17H2,3-5H3,(H,33,37)/t20-,21?,23+,24-,26+,27+,31-/m1/s1. The van der Waals surface area contributed by atoms with Crippen molar-refractivity contribution >= 4 is 45.3 Å². The number of alkyl halides is 1. The first kappa shape index (κ1) is 31.9. The Morgan fingerprint density at radius 3 is 2.60 bits per heavy atom. The molecule has 3 saturated heterocycles. The number of para-hydroxylation sites is 1. The van der Waals surface area contributed by atoms with Crippen LogP contribution >= 0.6 is 15.9 Å². The van der Waals surface area contributed by atoms with Gasteiger partial charge in [-0.05, 0) is 44.7 Å². The highest BCUT2D eigenvalue weighted by Gasteiger charge is 2.77. The van der Waals surface area contributed by atoms with Gasteiger partial charge in [0.25, 0.3) is 5.91 Å². The number of hydrogen-bond acceptors (Lipinski definition) is 7. The molecule has 3 amide bonds. The monoisotopic (exact) mass is 645 g/mol. The van der Waals surface area contributed by atoms with E-state index in [1.54, 1.807) is 24.0 Å². The number of fused-ring (bicyclic) bond motifs is 1. The number of esters is 1. The lowest BCUT2D eigenvalue weighted by Crippen LogP contribution is -2.57. The van der Waals surface area contributed by atoms with Crippen LogP contribution in [0.1, 0.15) is 37.3 Å². The van der Waals surface area contributed by atoms with Crippen LogP contribution in [0.2, 0.25) is 0 Å². The zero-order valence-corrected chi connectivity index (χ0v) is 26.0. The lowest BCUT2D eigenvalue weighted by molar-refractivity contribution is -0.159. The molecule has 0 aromatic heterocycles. The fourth-order valence-electron chi connectivity index (χ4n) is 6.72. The van der Waals surface area contributed by atoms with Crippen LogP contribution in [-0.4, -0.2) is 88.6 Å². The van der Waals surface area contributed by atoms with Crippen molar-refractivity contribution in [1.82, 2.24) is 10.2 Å². The molecule has 0 saturated carbocycles. The Morgan fingerprint density at radius 1 is 1.29 bits per heavy atom. The normalized spacial score (nSPS) is 28.3. The number of allylic oxidation sites excluding steroid dienone is 1. The van der Waals surface area contributed by atoms with Crippen LogP contribution in [-0.2, 0) is 28.7 Å². The first-order valence-electron chi connectivity index (χ1n) is 14.3. The lowest BCUT2D eigenvalue weighted by atomic mass is 9.70. The number of rotatable bonds is 13. The smallest absolute Gasteiger partial charge is 0.312 e. The van der Waals surface area contributed by atoms with Crippen molar-refractivity contribution in [2.45, 2.75) is 68.7 Å². The summed E-state index contributed by atoms with van der Waals surface area (Å²) >= 11 is 3.65. The number of carbonyl (C=O) groups excluding carboxylic acids is 4. The molecule has 42 heavy (non-hydrogen) atoms. The highest BCUT2D eigenvalue weighted by molar-refractivity contribution is 9.09. The number of hydrogen-bond donors (Lipinski definition) is 2. The summed E-state index contributed by atoms with van der Waals surface area (Å²) in [6, 6.07) is 4.68. The summed E-state index contributed by atoms with van der Waals surface area (Å²) in [6.45, 7) is 12.8. The number of aryl methyl sites for hydroxylation is 2. The van der Waals surface area contributed by atoms with E-state index in [0.717, 1.165) is 16.8 Å². The van der Waals surface area contributed by atoms with Crippen molar-refractivity contribution in [3.8, 4) is 0 Å². The zero-order valence-electron chi connectivity index (χ0n) is 24.4. The van der Waals surface area contributed by atoms with Crippen molar-refractivity contribution in [3.63, 3.8) is 0 Å². The molecule has 3 heterocycles. The van der Waals surface area contributed by atoms with E-state index in [1.807, 2.05) is 32.0 Å². The van der Waals surface area contributed by atoms with Gasteiger partial charge in [-0.25, -0.2) is 0 Å². The third-order valence-electron chi connectivity index (χ3n) is 8.40. The van der Waals surface area contributed by atoms with Gasteiger partial charge in [0, 0.05) is 30.0 Å². The minimum absolute atomic E-state index is 0.0853. The zero-order chi connectivity index (χ0) is 30.8. The second-order valence-corrected chi connectivity index (χ2v) is 12.5. The molecule has 10 nitrogen and oxygen atoms in total. The Morgan fingerprint density at radius 2 is 1.98 bits per heavy atom. The van der Waals surface area contributed by atoms with Crippen LogP contribution in [0.15, 0.2) is 43.5 Å². The number of benzene rings is 1. The summed E-state index contributed by atoms with van der Waals surface area (Å²) in [6.07, 6.45) is 3.11. The summed E-state index contributed by atoms with van der Waals surface area (Å²) in [5.74, 6) is -3.49. The number of likely N-dealkylation sites (tertiary alicyclic amines) is 1. The molecular weight excluding hydrogens is 606 g/mol. The minimum Gasteiger partial charge on any atom is -0.460 e. The quantitative estimate of drug-likeness (QED) is 0.192. The predicted molar refractivity (Wildman–Crippen MR) is 161 cm³/mol. The number of nitrogens with one attached hydrogen (secondary N) is 1. The third-order valence-corrected chi connectivity index (χ3v) is 9.25. The van der Waals surface area contributed by atoms with Gasteiger partial charge < -0.3 is 29.7 Å². The van der Waals surface area contributed by atoms with Gasteiger partial charge in [-0.3, -0.25) is 19.2 Å². The molecule has 3 aliphatic heterocycles. The van der Waals surface area contributed by atoms with E-state index in [1.165, 1.54) is 4.90 Å². The average Bonchev–Trinajstić information content (AvgIpc) is 3.53. The molecule has 1 aromatic rings. The summed E-state index contributed by atoms with van der Waals surface area (Å²) in [5.41, 5.74) is 1.21. The van der Waals surface area contributed by atoms with Gasteiger partial charge in [-0.1, -0.05) is 46.3 Å². The molecule has 1 aromatic carbocycles. The summed E-state index contributed by atoms with van der Waals surface area (Å²) < 4.78 is 12.2. The summed E-state index contributed by atoms with van der Waals surface area (Å²) in [5, 5.41) is 12.6. The highest BCUT2D eigenvalue weighted by atomic mass is 79.9. The van der Waals surface area contributed by atoms with Gasteiger partial charge >= 0.3 is 5.97 Å². The van der Waals surface area contributed by atoms with Crippen LogP contribution in [0.25, 0.3) is 0 Å².